The van der Waals surface area contributed by atoms with Crippen LogP contribution >= 0.6 is 0 Å². The van der Waals surface area contributed by atoms with E-state index in [1.165, 1.54) is 13.2 Å². The van der Waals surface area contributed by atoms with E-state index in [-0.39, 0.29) is 11.5 Å². The van der Waals surface area contributed by atoms with E-state index < -0.39 is 17.8 Å². The molecule has 0 aliphatic carbocycles. The van der Waals surface area contributed by atoms with Gasteiger partial charge in [0.15, 0.2) is 0 Å². The van der Waals surface area contributed by atoms with Gasteiger partial charge in [0.2, 0.25) is 0 Å². The summed E-state index contributed by atoms with van der Waals surface area (Å²) in [6, 6.07) is 13.5. The third-order valence-electron chi connectivity index (χ3n) is 3.58. The minimum absolute atomic E-state index is 0.205. The molecule has 2 aromatic carbocycles. The van der Waals surface area contributed by atoms with Gasteiger partial charge in [0.25, 0.3) is 0 Å². The average molecular weight is 340 g/mol. The van der Waals surface area contributed by atoms with Crippen LogP contribution in [0.3, 0.4) is 0 Å². The molecule has 0 aliphatic rings. The molecule has 0 radical (unpaired) electrons. The van der Waals surface area contributed by atoms with E-state index >= 15 is 0 Å². The van der Waals surface area contributed by atoms with Crippen molar-refractivity contribution < 1.29 is 19.1 Å². The van der Waals surface area contributed by atoms with E-state index in [1.807, 2.05) is 26.0 Å². The molecule has 0 saturated heterocycles. The zero-order valence-electron chi connectivity index (χ0n) is 14.3. The maximum atomic E-state index is 12.2. The highest BCUT2D eigenvalue weighted by atomic mass is 16.5. The molecule has 0 saturated carbocycles. The summed E-state index contributed by atoms with van der Waals surface area (Å²) in [5.41, 5.74) is 2.16. The summed E-state index contributed by atoms with van der Waals surface area (Å²) in [4.78, 5) is 35.8. The smallest absolute Gasteiger partial charge is 0.337 e. The summed E-state index contributed by atoms with van der Waals surface area (Å²) in [6.07, 6.45) is 0. The number of carbonyl (C=O) groups is 3. The Morgan fingerprint density at radius 3 is 2.28 bits per heavy atom. The number of rotatable bonds is 4. The van der Waals surface area contributed by atoms with Crippen LogP contribution in [0.25, 0.3) is 0 Å². The van der Waals surface area contributed by atoms with Crippen molar-refractivity contribution in [3.63, 3.8) is 0 Å². The van der Waals surface area contributed by atoms with Gasteiger partial charge in [0.05, 0.1) is 12.7 Å². The quantitative estimate of drug-likeness (QED) is 0.661. The minimum atomic E-state index is -0.819. The van der Waals surface area contributed by atoms with Crippen molar-refractivity contribution in [2.45, 2.75) is 19.8 Å². The van der Waals surface area contributed by atoms with E-state index in [9.17, 15) is 14.4 Å². The lowest BCUT2D eigenvalue weighted by atomic mass is 10.0. The number of anilines is 2. The van der Waals surface area contributed by atoms with E-state index in [1.54, 1.807) is 30.3 Å². The van der Waals surface area contributed by atoms with E-state index in [4.69, 9.17) is 0 Å². The Labute approximate surface area is 146 Å². The van der Waals surface area contributed by atoms with Gasteiger partial charge >= 0.3 is 17.8 Å². The molecular weight excluding hydrogens is 320 g/mol. The molecule has 130 valence electrons. The molecule has 0 atom stereocenters. The van der Waals surface area contributed by atoms with Crippen LogP contribution in [-0.4, -0.2) is 24.9 Å². The lowest BCUT2D eigenvalue weighted by molar-refractivity contribution is -0.133. The van der Waals surface area contributed by atoms with Crippen molar-refractivity contribution in [3.8, 4) is 0 Å². The summed E-state index contributed by atoms with van der Waals surface area (Å²) < 4.78 is 4.63. The number of amides is 2. The molecule has 0 aliphatic heterocycles. The Hall–Kier alpha value is -3.15. The molecule has 0 fully saturated rings. The van der Waals surface area contributed by atoms with E-state index in [0.29, 0.717) is 11.4 Å². The maximum absolute atomic E-state index is 12.2. The minimum Gasteiger partial charge on any atom is -0.465 e. The largest absolute Gasteiger partial charge is 0.465 e. The molecule has 0 bridgehead atoms. The van der Waals surface area contributed by atoms with Crippen LogP contribution in [0.4, 0.5) is 11.4 Å². The predicted molar refractivity (Wildman–Crippen MR) is 95.6 cm³/mol. The van der Waals surface area contributed by atoms with Crippen LogP contribution < -0.4 is 10.6 Å². The fraction of sp³-hybridized carbons (Fsp3) is 0.211. The number of methoxy groups -OCH3 is 1. The summed E-state index contributed by atoms with van der Waals surface area (Å²) in [5, 5.41) is 5.09. The first-order chi connectivity index (χ1) is 11.9. The zero-order valence-corrected chi connectivity index (χ0v) is 14.3. The van der Waals surface area contributed by atoms with Gasteiger partial charge < -0.3 is 15.4 Å². The molecule has 25 heavy (non-hydrogen) atoms. The molecule has 6 nitrogen and oxygen atoms in total. The van der Waals surface area contributed by atoms with Crippen LogP contribution in [0.1, 0.15) is 35.7 Å². The van der Waals surface area contributed by atoms with Crippen molar-refractivity contribution in [1.29, 1.82) is 0 Å². The van der Waals surface area contributed by atoms with E-state index in [0.717, 1.165) is 5.56 Å². The molecule has 2 amide bonds. The second kappa shape index (κ2) is 8.10. The molecule has 0 aromatic heterocycles. The normalized spacial score (nSPS) is 10.2. The molecular formula is C19H20N2O4. The van der Waals surface area contributed by atoms with Gasteiger partial charge in [0.1, 0.15) is 0 Å². The Morgan fingerprint density at radius 1 is 0.920 bits per heavy atom. The van der Waals surface area contributed by atoms with Gasteiger partial charge in [-0.15, -0.1) is 0 Å². The van der Waals surface area contributed by atoms with E-state index in [2.05, 4.69) is 15.4 Å². The maximum Gasteiger partial charge on any atom is 0.337 e. The third-order valence-corrected chi connectivity index (χ3v) is 3.58. The summed E-state index contributed by atoms with van der Waals surface area (Å²) >= 11 is 0. The Bertz CT molecular complexity index is 800. The number of carbonyl (C=O) groups excluding carboxylic acids is 3. The molecule has 0 unspecified atom stereocenters. The van der Waals surface area contributed by atoms with Crippen molar-refractivity contribution in [2.75, 3.05) is 17.7 Å². The molecule has 0 spiro atoms. The van der Waals surface area contributed by atoms with Gasteiger partial charge in [-0.05, 0) is 35.7 Å². The highest BCUT2D eigenvalue weighted by Gasteiger charge is 2.17. The highest BCUT2D eigenvalue weighted by molar-refractivity contribution is 6.43. The topological polar surface area (TPSA) is 84.5 Å². The fourth-order valence-corrected chi connectivity index (χ4v) is 2.32. The SMILES string of the molecule is COC(=O)c1cccc(NC(=O)C(=O)Nc2ccccc2C(C)C)c1. The van der Waals surface area contributed by atoms with Crippen LogP contribution in [0, 0.1) is 0 Å². The van der Waals surface area contributed by atoms with Crippen molar-refractivity contribution in [2.24, 2.45) is 0 Å². The molecule has 0 heterocycles. The zero-order chi connectivity index (χ0) is 18.4. The first kappa shape index (κ1) is 18.2. The van der Waals surface area contributed by atoms with Gasteiger partial charge in [-0.25, -0.2) is 4.79 Å². The summed E-state index contributed by atoms with van der Waals surface area (Å²) in [6.45, 7) is 4.01. The number of nitrogens with one attached hydrogen (secondary N) is 2. The number of ether oxygens (including phenoxy) is 1. The second-order valence-electron chi connectivity index (χ2n) is 5.72. The predicted octanol–water partition coefficient (Wildman–Crippen LogP) is 3.17. The number of esters is 1. The monoisotopic (exact) mass is 340 g/mol. The molecule has 2 N–H and O–H groups in total. The third kappa shape index (κ3) is 4.67. The standard InChI is InChI=1S/C19H20N2O4/c1-12(2)15-9-4-5-10-16(15)21-18(23)17(22)20-14-8-6-7-13(11-14)19(24)25-3/h4-12H,1-3H3,(H,20,22)(H,21,23). The second-order valence-corrected chi connectivity index (χ2v) is 5.72. The van der Waals surface area contributed by atoms with Crippen molar-refractivity contribution in [1.82, 2.24) is 0 Å². The number of hydrogen-bond acceptors (Lipinski definition) is 4. The summed E-state index contributed by atoms with van der Waals surface area (Å²) in [7, 11) is 1.27. The first-order valence-corrected chi connectivity index (χ1v) is 7.82. The van der Waals surface area contributed by atoms with Gasteiger partial charge in [-0.3, -0.25) is 9.59 Å². The van der Waals surface area contributed by atoms with Gasteiger partial charge in [-0.1, -0.05) is 38.1 Å². The number of benzene rings is 2. The van der Waals surface area contributed by atoms with Crippen LogP contribution in [-0.2, 0) is 14.3 Å². The highest BCUT2D eigenvalue weighted by Crippen LogP contribution is 2.23. The fourth-order valence-electron chi connectivity index (χ4n) is 2.32. The molecule has 2 rings (SSSR count). The Morgan fingerprint density at radius 2 is 1.60 bits per heavy atom. The Balaban J connectivity index is 2.09. The first-order valence-electron chi connectivity index (χ1n) is 7.82. The number of para-hydroxylation sites is 1. The van der Waals surface area contributed by atoms with Crippen molar-refractivity contribution >= 4 is 29.2 Å². The van der Waals surface area contributed by atoms with Gasteiger partial charge in [-0.2, -0.15) is 0 Å². The molecule has 2 aromatic rings. The molecule has 6 heteroatoms. The lowest BCUT2D eigenvalue weighted by Crippen LogP contribution is -2.29. The number of hydrogen-bond donors (Lipinski definition) is 2. The van der Waals surface area contributed by atoms with Crippen LogP contribution in [0.2, 0.25) is 0 Å². The average Bonchev–Trinajstić information content (AvgIpc) is 2.61. The van der Waals surface area contributed by atoms with Crippen LogP contribution in [0.5, 0.6) is 0 Å². The summed E-state index contributed by atoms with van der Waals surface area (Å²) in [5.74, 6) is -1.92. The lowest BCUT2D eigenvalue weighted by Gasteiger charge is -2.13. The van der Waals surface area contributed by atoms with Crippen molar-refractivity contribution in [3.05, 3.63) is 59.7 Å². The van der Waals surface area contributed by atoms with Crippen LogP contribution in [0.15, 0.2) is 48.5 Å². The Kier molecular flexibility index (Phi) is 5.89. The van der Waals surface area contributed by atoms with Gasteiger partial charge in [0, 0.05) is 11.4 Å².